The third kappa shape index (κ3) is 3.70. The Hall–Kier alpha value is -1.39. The average Bonchev–Trinajstić information content (AvgIpc) is 2.00. The van der Waals surface area contributed by atoms with Crippen molar-refractivity contribution in [3.8, 4) is 12.1 Å². The standard InChI is InChI=1S/C8H4BrFN2/c1-6(9)4-7(5-12)8(10)2-3-11/h2,4H,1H2/b7-4-,8-2+. The molecule has 0 aliphatic carbocycles. The molecule has 0 amide bonds. The first-order chi connectivity index (χ1) is 5.61. The molecule has 0 unspecified atom stereocenters. The summed E-state index contributed by atoms with van der Waals surface area (Å²) in [6.45, 7) is 3.40. The Balaban J connectivity index is 4.87. The third-order valence-corrected chi connectivity index (χ3v) is 1.10. The van der Waals surface area contributed by atoms with E-state index >= 15 is 0 Å². The van der Waals surface area contributed by atoms with Gasteiger partial charge in [-0.2, -0.15) is 10.5 Å². The first-order valence-electron chi connectivity index (χ1n) is 2.83. The first kappa shape index (κ1) is 10.6. The Bertz CT molecular complexity index is 328. The molecular weight excluding hydrogens is 223 g/mol. The molecule has 12 heavy (non-hydrogen) atoms. The number of rotatable bonds is 2. The molecule has 0 N–H and O–H groups in total. The zero-order valence-electron chi connectivity index (χ0n) is 6.01. The van der Waals surface area contributed by atoms with Crippen molar-refractivity contribution < 1.29 is 4.39 Å². The molecule has 0 rings (SSSR count). The Morgan fingerprint density at radius 2 is 2.08 bits per heavy atom. The predicted molar refractivity (Wildman–Crippen MR) is 46.6 cm³/mol. The second-order valence-corrected chi connectivity index (χ2v) is 2.76. The highest BCUT2D eigenvalue weighted by atomic mass is 79.9. The molecule has 0 aromatic carbocycles. The van der Waals surface area contributed by atoms with Gasteiger partial charge in [-0.15, -0.1) is 0 Å². The average molecular weight is 227 g/mol. The molecule has 4 heteroatoms. The molecule has 0 heterocycles. The van der Waals surface area contributed by atoms with Gasteiger partial charge < -0.3 is 0 Å². The van der Waals surface area contributed by atoms with Crippen LogP contribution in [0.1, 0.15) is 0 Å². The van der Waals surface area contributed by atoms with Crippen molar-refractivity contribution in [3.63, 3.8) is 0 Å². The van der Waals surface area contributed by atoms with Gasteiger partial charge in [-0.1, -0.05) is 22.5 Å². The lowest BCUT2D eigenvalue weighted by Crippen LogP contribution is -1.79. The van der Waals surface area contributed by atoms with Crippen LogP contribution >= 0.6 is 15.9 Å². The molecule has 0 radical (unpaired) electrons. The van der Waals surface area contributed by atoms with Crippen LogP contribution in [-0.2, 0) is 0 Å². The zero-order valence-corrected chi connectivity index (χ0v) is 7.60. The van der Waals surface area contributed by atoms with Gasteiger partial charge in [0, 0.05) is 4.48 Å². The molecule has 0 aliphatic heterocycles. The van der Waals surface area contributed by atoms with Gasteiger partial charge in [-0.3, -0.25) is 0 Å². The van der Waals surface area contributed by atoms with Crippen molar-refractivity contribution in [2.45, 2.75) is 0 Å². The molecule has 0 fully saturated rings. The summed E-state index contributed by atoms with van der Waals surface area (Å²) >= 11 is 2.94. The fourth-order valence-corrected chi connectivity index (χ4v) is 0.675. The molecule has 0 aromatic heterocycles. The SMILES string of the molecule is C=C(Br)/C=C(C#N)\C(F)=C/C#N. The lowest BCUT2D eigenvalue weighted by Gasteiger charge is -1.90. The van der Waals surface area contributed by atoms with Gasteiger partial charge in [0.2, 0.25) is 0 Å². The molecular formula is C8H4BrFN2. The summed E-state index contributed by atoms with van der Waals surface area (Å²) in [4.78, 5) is 0. The summed E-state index contributed by atoms with van der Waals surface area (Å²) in [5.74, 6) is -0.861. The molecule has 0 aromatic rings. The minimum atomic E-state index is -0.861. The highest BCUT2D eigenvalue weighted by molar-refractivity contribution is 9.11. The largest absolute Gasteiger partial charge is 0.205 e. The fraction of sp³-hybridized carbons (Fsp3) is 0. The second-order valence-electron chi connectivity index (χ2n) is 1.74. The number of hydrogen-bond acceptors (Lipinski definition) is 2. The Kier molecular flexibility index (Phi) is 4.67. The van der Waals surface area contributed by atoms with Crippen LogP contribution in [0.25, 0.3) is 0 Å². The monoisotopic (exact) mass is 226 g/mol. The summed E-state index contributed by atoms with van der Waals surface area (Å²) < 4.78 is 13.1. The van der Waals surface area contributed by atoms with Crippen LogP contribution in [-0.4, -0.2) is 0 Å². The number of halogens is 2. The van der Waals surface area contributed by atoms with E-state index in [-0.39, 0.29) is 5.57 Å². The highest BCUT2D eigenvalue weighted by Crippen LogP contribution is 2.14. The van der Waals surface area contributed by atoms with E-state index in [1.54, 1.807) is 6.07 Å². The van der Waals surface area contributed by atoms with Gasteiger partial charge in [0.25, 0.3) is 0 Å². The van der Waals surface area contributed by atoms with Gasteiger partial charge >= 0.3 is 0 Å². The van der Waals surface area contributed by atoms with Crippen molar-refractivity contribution in [2.24, 2.45) is 0 Å². The van der Waals surface area contributed by atoms with E-state index in [0.717, 1.165) is 0 Å². The summed E-state index contributed by atoms with van der Waals surface area (Å²) in [5, 5.41) is 16.5. The fourth-order valence-electron chi connectivity index (χ4n) is 0.446. The number of allylic oxidation sites excluding steroid dienone is 5. The third-order valence-electron chi connectivity index (χ3n) is 0.870. The topological polar surface area (TPSA) is 47.6 Å². The van der Waals surface area contributed by atoms with Gasteiger partial charge in [-0.25, -0.2) is 4.39 Å². The van der Waals surface area contributed by atoms with Crippen molar-refractivity contribution in [1.29, 1.82) is 10.5 Å². The Labute approximate surface area is 78.0 Å². The summed E-state index contributed by atoms with van der Waals surface area (Å²) in [7, 11) is 0. The summed E-state index contributed by atoms with van der Waals surface area (Å²) in [6, 6.07) is 3.08. The molecule has 0 bridgehead atoms. The maximum Gasteiger partial charge on any atom is 0.151 e. The molecule has 0 aliphatic rings. The molecule has 2 nitrogen and oxygen atoms in total. The molecule has 0 saturated carbocycles. The van der Waals surface area contributed by atoms with Crippen molar-refractivity contribution in [1.82, 2.24) is 0 Å². The van der Waals surface area contributed by atoms with Crippen LogP contribution in [0, 0.1) is 22.7 Å². The minimum absolute atomic E-state index is 0.224. The van der Waals surface area contributed by atoms with Gasteiger partial charge in [0.15, 0.2) is 5.83 Å². The van der Waals surface area contributed by atoms with E-state index < -0.39 is 5.83 Å². The lowest BCUT2D eigenvalue weighted by molar-refractivity contribution is 0.659. The summed E-state index contributed by atoms with van der Waals surface area (Å²) in [6.07, 6.45) is 1.86. The van der Waals surface area contributed by atoms with Crippen molar-refractivity contribution >= 4 is 15.9 Å². The molecule has 0 spiro atoms. The van der Waals surface area contributed by atoms with Crippen LogP contribution in [0.4, 0.5) is 4.39 Å². The number of nitrogens with zero attached hydrogens (tertiary/aromatic N) is 2. The maximum absolute atomic E-state index is 12.7. The van der Waals surface area contributed by atoms with Crippen molar-refractivity contribution in [3.05, 3.63) is 34.6 Å². The van der Waals surface area contributed by atoms with Crippen LogP contribution in [0.5, 0.6) is 0 Å². The molecule has 0 atom stereocenters. The second kappa shape index (κ2) is 5.29. The van der Waals surface area contributed by atoms with Crippen LogP contribution in [0.3, 0.4) is 0 Å². The predicted octanol–water partition coefficient (Wildman–Crippen LogP) is 2.72. The minimum Gasteiger partial charge on any atom is -0.205 e. The zero-order chi connectivity index (χ0) is 9.56. The van der Waals surface area contributed by atoms with Crippen LogP contribution < -0.4 is 0 Å². The first-order valence-corrected chi connectivity index (χ1v) is 3.63. The Morgan fingerprint density at radius 3 is 2.42 bits per heavy atom. The molecule has 0 saturated heterocycles. The van der Waals surface area contributed by atoms with Crippen molar-refractivity contribution in [2.75, 3.05) is 0 Å². The molecule has 60 valence electrons. The van der Waals surface area contributed by atoms with E-state index in [2.05, 4.69) is 22.5 Å². The van der Waals surface area contributed by atoms with E-state index in [1.807, 2.05) is 0 Å². The normalized spacial score (nSPS) is 11.7. The van der Waals surface area contributed by atoms with E-state index in [9.17, 15) is 4.39 Å². The smallest absolute Gasteiger partial charge is 0.151 e. The van der Waals surface area contributed by atoms with Gasteiger partial charge in [0.05, 0.1) is 17.7 Å². The van der Waals surface area contributed by atoms with E-state index in [0.29, 0.717) is 10.6 Å². The highest BCUT2D eigenvalue weighted by Gasteiger charge is 2.02. The number of nitriles is 2. The van der Waals surface area contributed by atoms with Gasteiger partial charge in [-0.05, 0) is 6.08 Å². The number of hydrogen-bond donors (Lipinski definition) is 0. The van der Waals surface area contributed by atoms with Crippen LogP contribution in [0.15, 0.2) is 34.6 Å². The van der Waals surface area contributed by atoms with Gasteiger partial charge in [0.1, 0.15) is 6.07 Å². The summed E-state index contributed by atoms with van der Waals surface area (Å²) in [5.41, 5.74) is -0.224. The maximum atomic E-state index is 12.7. The lowest BCUT2D eigenvalue weighted by atomic mass is 10.2. The van der Waals surface area contributed by atoms with Crippen LogP contribution in [0.2, 0.25) is 0 Å². The van der Waals surface area contributed by atoms with E-state index in [1.165, 1.54) is 12.1 Å². The quantitative estimate of drug-likeness (QED) is 0.537. The Morgan fingerprint density at radius 1 is 1.50 bits per heavy atom. The van der Waals surface area contributed by atoms with E-state index in [4.69, 9.17) is 10.5 Å².